The summed E-state index contributed by atoms with van der Waals surface area (Å²) >= 11 is 1.08. The maximum atomic E-state index is 11.6. The molecule has 0 aromatic carbocycles. The maximum Gasteiger partial charge on any atom is 0.472 e. The summed E-state index contributed by atoms with van der Waals surface area (Å²) in [5, 5.41) is 0.0141. The van der Waals surface area contributed by atoms with Crippen molar-refractivity contribution in [2.45, 2.75) is 40.2 Å². The van der Waals surface area contributed by atoms with Crippen molar-refractivity contribution < 1.29 is 28.0 Å². The lowest BCUT2D eigenvalue weighted by Crippen LogP contribution is -2.26. The number of hydrogen-bond acceptors (Lipinski definition) is 8. The Kier molecular flexibility index (Phi) is 12.6. The monoisotopic (exact) mass is 454 g/mol. The highest BCUT2D eigenvalue weighted by atomic mass is 32.2. The number of aromatic amines is 1. The molecule has 168 valence electrons. The van der Waals surface area contributed by atoms with Gasteiger partial charge in [0.15, 0.2) is 5.12 Å². The van der Waals surface area contributed by atoms with E-state index < -0.39 is 13.2 Å². The van der Waals surface area contributed by atoms with Crippen LogP contribution in [0.5, 0.6) is 0 Å². The van der Waals surface area contributed by atoms with E-state index in [1.807, 2.05) is 27.7 Å². The van der Waals surface area contributed by atoms with Gasteiger partial charge in [-0.3, -0.25) is 23.6 Å². The second kappa shape index (κ2) is 13.1. The van der Waals surface area contributed by atoms with Crippen molar-refractivity contribution in [3.05, 3.63) is 33.1 Å². The van der Waals surface area contributed by atoms with Gasteiger partial charge in [-0.15, -0.1) is 0 Å². The standard InChI is InChI=1S/C12H25O6PS.C5H6N2O2/c1-6-10(16-5)9-18-19(14,15)17-7-8-20-11(13)12(2,3)4;1-7-3-2-4(8)6-5(7)9/h10H,6-9H2,1-5H3,(H,14,15);2-3H,1H3,(H,6,8,9). The van der Waals surface area contributed by atoms with E-state index in [4.69, 9.17) is 13.8 Å². The molecule has 0 radical (unpaired) electrons. The number of aryl methyl sites for hydroxylation is 1. The van der Waals surface area contributed by atoms with Crippen LogP contribution in [0.15, 0.2) is 21.9 Å². The number of methoxy groups -OCH3 is 1. The van der Waals surface area contributed by atoms with Crippen molar-refractivity contribution in [2.24, 2.45) is 12.5 Å². The fourth-order valence-electron chi connectivity index (χ4n) is 1.55. The van der Waals surface area contributed by atoms with E-state index in [-0.39, 0.29) is 35.7 Å². The number of hydrogen-bond donors (Lipinski definition) is 2. The quantitative estimate of drug-likeness (QED) is 0.423. The van der Waals surface area contributed by atoms with Crippen LogP contribution in [-0.2, 0) is 30.2 Å². The first-order valence-electron chi connectivity index (χ1n) is 8.90. The van der Waals surface area contributed by atoms with Crippen molar-refractivity contribution in [2.75, 3.05) is 26.1 Å². The number of H-pyrrole nitrogens is 1. The number of thioether (sulfide) groups is 1. The van der Waals surface area contributed by atoms with Crippen LogP contribution in [0.1, 0.15) is 34.1 Å². The molecule has 2 N–H and O–H groups in total. The predicted octanol–water partition coefficient (Wildman–Crippen LogP) is 1.92. The van der Waals surface area contributed by atoms with Crippen LogP contribution in [0.3, 0.4) is 0 Å². The number of phosphoric ester groups is 1. The lowest BCUT2D eigenvalue weighted by molar-refractivity contribution is -0.117. The summed E-state index contributed by atoms with van der Waals surface area (Å²) in [5.41, 5.74) is -1.18. The highest BCUT2D eigenvalue weighted by Gasteiger charge is 2.24. The van der Waals surface area contributed by atoms with E-state index in [9.17, 15) is 23.8 Å². The average Bonchev–Trinajstić information content (AvgIpc) is 2.62. The predicted molar refractivity (Wildman–Crippen MR) is 112 cm³/mol. The first kappa shape index (κ1) is 27.8. The van der Waals surface area contributed by atoms with Crippen molar-refractivity contribution in [3.63, 3.8) is 0 Å². The summed E-state index contributed by atoms with van der Waals surface area (Å²) in [5.74, 6) is 0.311. The lowest BCUT2D eigenvalue weighted by atomic mass is 10.00. The summed E-state index contributed by atoms with van der Waals surface area (Å²) in [7, 11) is -1.00. The molecular formula is C17H31N2O8PS. The van der Waals surface area contributed by atoms with E-state index in [0.29, 0.717) is 12.2 Å². The highest BCUT2D eigenvalue weighted by molar-refractivity contribution is 8.13. The molecule has 0 aliphatic heterocycles. The summed E-state index contributed by atoms with van der Waals surface area (Å²) < 4.78 is 27.5. The molecule has 0 aliphatic carbocycles. The van der Waals surface area contributed by atoms with Crippen LogP contribution < -0.4 is 11.2 Å². The van der Waals surface area contributed by atoms with E-state index in [2.05, 4.69) is 4.98 Å². The van der Waals surface area contributed by atoms with E-state index in [0.717, 1.165) is 11.8 Å². The largest absolute Gasteiger partial charge is 0.472 e. The minimum atomic E-state index is -4.08. The number of aromatic nitrogens is 2. The molecule has 29 heavy (non-hydrogen) atoms. The normalized spacial score (nSPS) is 14.4. The van der Waals surface area contributed by atoms with Crippen LogP contribution in [-0.4, -0.2) is 51.7 Å². The zero-order valence-corrected chi connectivity index (χ0v) is 19.4. The SMILES string of the molecule is CCC(COP(=O)(O)OCCSC(=O)C(C)(C)C)OC.Cn1ccc(=O)[nH]c1=O. The fraction of sp³-hybridized carbons (Fsp3) is 0.706. The van der Waals surface area contributed by atoms with Gasteiger partial charge in [0.1, 0.15) is 0 Å². The molecule has 0 fully saturated rings. The summed E-state index contributed by atoms with van der Waals surface area (Å²) in [6.45, 7) is 7.31. The van der Waals surface area contributed by atoms with Gasteiger partial charge in [0, 0.05) is 37.6 Å². The first-order valence-corrected chi connectivity index (χ1v) is 11.4. The third-order valence-electron chi connectivity index (χ3n) is 3.40. The highest BCUT2D eigenvalue weighted by Crippen LogP contribution is 2.43. The molecule has 2 atom stereocenters. The Balaban J connectivity index is 0.000000717. The Morgan fingerprint density at radius 3 is 2.41 bits per heavy atom. The van der Waals surface area contributed by atoms with E-state index >= 15 is 0 Å². The van der Waals surface area contributed by atoms with Gasteiger partial charge in [0.05, 0.1) is 19.3 Å². The number of carbonyl (C=O) groups excluding carboxylic acids is 1. The molecule has 1 heterocycles. The fourth-order valence-corrected chi connectivity index (χ4v) is 3.21. The Labute approximate surface area is 174 Å². The van der Waals surface area contributed by atoms with Crippen LogP contribution in [0, 0.1) is 5.41 Å². The second-order valence-electron chi connectivity index (χ2n) is 6.97. The minimum absolute atomic E-state index is 0.00512. The molecule has 0 aliphatic rings. The van der Waals surface area contributed by atoms with Gasteiger partial charge in [-0.2, -0.15) is 0 Å². The van der Waals surface area contributed by atoms with Gasteiger partial charge in [-0.05, 0) is 6.42 Å². The van der Waals surface area contributed by atoms with Crippen molar-refractivity contribution in [3.8, 4) is 0 Å². The molecule has 0 saturated carbocycles. The molecule has 0 amide bonds. The van der Waals surface area contributed by atoms with E-state index in [1.165, 1.54) is 23.9 Å². The van der Waals surface area contributed by atoms with Crippen molar-refractivity contribution in [1.82, 2.24) is 9.55 Å². The number of nitrogens with one attached hydrogen (secondary N) is 1. The van der Waals surface area contributed by atoms with E-state index in [1.54, 1.807) is 7.05 Å². The van der Waals surface area contributed by atoms with Gasteiger partial charge in [0.2, 0.25) is 0 Å². The Bertz CT molecular complexity index is 783. The van der Waals surface area contributed by atoms with Crippen molar-refractivity contribution >= 4 is 24.7 Å². The van der Waals surface area contributed by atoms with Crippen LogP contribution in [0.25, 0.3) is 0 Å². The smallest absolute Gasteiger partial charge is 0.379 e. The second-order valence-corrected chi connectivity index (χ2v) is 9.49. The molecule has 0 bridgehead atoms. The zero-order valence-electron chi connectivity index (χ0n) is 17.7. The molecule has 1 rings (SSSR count). The Morgan fingerprint density at radius 2 is 1.97 bits per heavy atom. The molecule has 1 aromatic rings. The molecule has 10 nitrogen and oxygen atoms in total. The van der Waals surface area contributed by atoms with Crippen LogP contribution in [0.2, 0.25) is 0 Å². The van der Waals surface area contributed by atoms with Crippen LogP contribution in [0.4, 0.5) is 0 Å². The Morgan fingerprint density at radius 1 is 1.34 bits per heavy atom. The number of carbonyl (C=O) groups is 1. The van der Waals surface area contributed by atoms with Crippen molar-refractivity contribution in [1.29, 1.82) is 0 Å². The minimum Gasteiger partial charge on any atom is -0.379 e. The third kappa shape index (κ3) is 12.8. The number of ether oxygens (including phenoxy) is 1. The molecule has 0 spiro atoms. The van der Waals surface area contributed by atoms with Gasteiger partial charge >= 0.3 is 13.5 Å². The van der Waals surface area contributed by atoms with Gasteiger partial charge in [-0.25, -0.2) is 9.36 Å². The summed E-state index contributed by atoms with van der Waals surface area (Å²) in [4.78, 5) is 44.1. The molecule has 12 heteroatoms. The Hall–Kier alpha value is -1.23. The summed E-state index contributed by atoms with van der Waals surface area (Å²) in [6.07, 6.45) is 1.85. The number of phosphoric acid groups is 1. The first-order chi connectivity index (χ1) is 13.3. The molecule has 0 saturated heterocycles. The number of nitrogens with zero attached hydrogens (tertiary/aromatic N) is 1. The topological polar surface area (TPSA) is 137 Å². The van der Waals surface area contributed by atoms with Gasteiger partial charge < -0.3 is 14.2 Å². The average molecular weight is 454 g/mol. The number of rotatable bonds is 9. The third-order valence-corrected chi connectivity index (χ3v) is 5.63. The van der Waals surface area contributed by atoms with Gasteiger partial charge in [0.25, 0.3) is 5.56 Å². The van der Waals surface area contributed by atoms with Gasteiger partial charge in [-0.1, -0.05) is 39.5 Å². The molecular weight excluding hydrogens is 423 g/mol. The van der Waals surface area contributed by atoms with Crippen LogP contribution >= 0.6 is 19.6 Å². The molecule has 2 unspecified atom stereocenters. The summed E-state index contributed by atoms with van der Waals surface area (Å²) in [6, 6.07) is 1.29. The maximum absolute atomic E-state index is 11.6. The zero-order chi connectivity index (χ0) is 22.7. The molecule has 1 aromatic heterocycles. The lowest BCUT2D eigenvalue weighted by Gasteiger charge is -2.17.